The highest BCUT2D eigenvalue weighted by atomic mass is 35.5. The lowest BCUT2D eigenvalue weighted by molar-refractivity contribution is 0.828. The smallest absolute Gasteiger partial charge is 0.153 e. The molecule has 15 heavy (non-hydrogen) atoms. The van der Waals surface area contributed by atoms with Gasteiger partial charge in [-0.2, -0.15) is 5.10 Å². The number of aromatic nitrogens is 3. The SMILES string of the molecule is Cc1nc(-n2cc(Cl)c(C)n2)ccc1N. The second kappa shape index (κ2) is 3.55. The lowest BCUT2D eigenvalue weighted by atomic mass is 10.3. The van der Waals surface area contributed by atoms with Crippen LogP contribution in [0.5, 0.6) is 0 Å². The van der Waals surface area contributed by atoms with Crippen LogP contribution in [0.3, 0.4) is 0 Å². The molecule has 0 unspecified atom stereocenters. The topological polar surface area (TPSA) is 56.7 Å². The van der Waals surface area contributed by atoms with Gasteiger partial charge in [-0.25, -0.2) is 9.67 Å². The Balaban J connectivity index is 2.49. The van der Waals surface area contributed by atoms with Gasteiger partial charge in [0.1, 0.15) is 0 Å². The molecule has 5 heteroatoms. The summed E-state index contributed by atoms with van der Waals surface area (Å²) in [5.41, 5.74) is 7.93. The third-order valence-electron chi connectivity index (χ3n) is 2.19. The first-order valence-electron chi connectivity index (χ1n) is 4.53. The molecule has 2 N–H and O–H groups in total. The van der Waals surface area contributed by atoms with E-state index in [-0.39, 0.29) is 0 Å². The maximum Gasteiger partial charge on any atom is 0.153 e. The van der Waals surface area contributed by atoms with Crippen molar-refractivity contribution >= 4 is 17.3 Å². The summed E-state index contributed by atoms with van der Waals surface area (Å²) in [6.45, 7) is 3.71. The van der Waals surface area contributed by atoms with Crippen LogP contribution in [0.15, 0.2) is 18.3 Å². The predicted molar refractivity (Wildman–Crippen MR) is 60.3 cm³/mol. The Morgan fingerprint density at radius 1 is 1.27 bits per heavy atom. The lowest BCUT2D eigenvalue weighted by Crippen LogP contribution is -2.01. The van der Waals surface area contributed by atoms with Crippen molar-refractivity contribution < 1.29 is 0 Å². The number of nitrogens with zero attached hydrogens (tertiary/aromatic N) is 3. The number of pyridine rings is 1. The third-order valence-corrected chi connectivity index (χ3v) is 2.56. The largest absolute Gasteiger partial charge is 0.397 e. The molecule has 2 heterocycles. The van der Waals surface area contributed by atoms with Gasteiger partial charge in [0.05, 0.1) is 28.3 Å². The molecule has 2 aromatic heterocycles. The molecule has 0 saturated heterocycles. The average Bonchev–Trinajstić information content (AvgIpc) is 2.52. The number of anilines is 1. The first-order valence-corrected chi connectivity index (χ1v) is 4.91. The standard InChI is InChI=1S/C10H11ClN4/c1-6-8(11)5-15(14-6)10-4-3-9(12)7(2)13-10/h3-5H,12H2,1-2H3. The van der Waals surface area contributed by atoms with Crippen LogP contribution in [0, 0.1) is 13.8 Å². The van der Waals surface area contributed by atoms with E-state index in [0.29, 0.717) is 10.7 Å². The summed E-state index contributed by atoms with van der Waals surface area (Å²) in [6, 6.07) is 3.62. The van der Waals surface area contributed by atoms with Crippen molar-refractivity contribution in [1.29, 1.82) is 0 Å². The van der Waals surface area contributed by atoms with Crippen molar-refractivity contribution in [2.24, 2.45) is 0 Å². The van der Waals surface area contributed by atoms with Crippen LogP contribution < -0.4 is 5.73 Å². The predicted octanol–water partition coefficient (Wildman–Crippen LogP) is 2.12. The maximum absolute atomic E-state index is 5.91. The van der Waals surface area contributed by atoms with Crippen molar-refractivity contribution in [2.45, 2.75) is 13.8 Å². The number of nitrogens with two attached hydrogens (primary N) is 1. The van der Waals surface area contributed by atoms with E-state index in [1.54, 1.807) is 10.9 Å². The maximum atomic E-state index is 5.91. The molecule has 0 spiro atoms. The molecule has 0 bridgehead atoms. The monoisotopic (exact) mass is 222 g/mol. The van der Waals surface area contributed by atoms with Crippen molar-refractivity contribution in [1.82, 2.24) is 14.8 Å². The van der Waals surface area contributed by atoms with Gasteiger partial charge in [0.15, 0.2) is 5.82 Å². The first kappa shape index (κ1) is 9.98. The first-order chi connectivity index (χ1) is 7.08. The van der Waals surface area contributed by atoms with Gasteiger partial charge < -0.3 is 5.73 Å². The Morgan fingerprint density at radius 3 is 2.53 bits per heavy atom. The molecular formula is C10H11ClN4. The van der Waals surface area contributed by atoms with Crippen molar-refractivity contribution in [3.63, 3.8) is 0 Å². The number of nitrogen functional groups attached to an aromatic ring is 1. The highest BCUT2D eigenvalue weighted by Crippen LogP contribution is 2.16. The van der Waals surface area contributed by atoms with Gasteiger partial charge in [-0.3, -0.25) is 0 Å². The summed E-state index contributed by atoms with van der Waals surface area (Å²) in [7, 11) is 0. The van der Waals surface area contributed by atoms with Gasteiger partial charge in [-0.1, -0.05) is 11.6 Å². The van der Waals surface area contributed by atoms with Crippen LogP contribution >= 0.6 is 11.6 Å². The van der Waals surface area contributed by atoms with Crippen LogP contribution in [-0.4, -0.2) is 14.8 Å². The molecule has 0 aliphatic heterocycles. The summed E-state index contributed by atoms with van der Waals surface area (Å²) in [5.74, 6) is 0.719. The number of aryl methyl sites for hydroxylation is 2. The minimum atomic E-state index is 0.631. The van der Waals surface area contributed by atoms with E-state index in [0.717, 1.165) is 17.2 Å². The second-order valence-electron chi connectivity index (χ2n) is 3.35. The van der Waals surface area contributed by atoms with Gasteiger partial charge in [-0.05, 0) is 26.0 Å². The minimum absolute atomic E-state index is 0.631. The van der Waals surface area contributed by atoms with E-state index in [9.17, 15) is 0 Å². The van der Waals surface area contributed by atoms with E-state index < -0.39 is 0 Å². The fraction of sp³-hybridized carbons (Fsp3) is 0.200. The van der Waals surface area contributed by atoms with Gasteiger partial charge in [0, 0.05) is 0 Å². The average molecular weight is 223 g/mol. The van der Waals surface area contributed by atoms with Crippen LogP contribution in [0.1, 0.15) is 11.4 Å². The Kier molecular flexibility index (Phi) is 2.36. The number of halogens is 1. The highest BCUT2D eigenvalue weighted by molar-refractivity contribution is 6.31. The van der Waals surface area contributed by atoms with Crippen molar-refractivity contribution in [3.05, 3.63) is 34.7 Å². The third kappa shape index (κ3) is 1.80. The molecule has 0 aromatic carbocycles. The molecule has 2 aromatic rings. The molecule has 0 saturated carbocycles. The zero-order valence-electron chi connectivity index (χ0n) is 8.53. The molecular weight excluding hydrogens is 212 g/mol. The van der Waals surface area contributed by atoms with Gasteiger partial charge >= 0.3 is 0 Å². The molecule has 0 radical (unpaired) electrons. The molecule has 2 rings (SSSR count). The summed E-state index contributed by atoms with van der Waals surface area (Å²) < 4.78 is 1.64. The molecule has 0 fully saturated rings. The lowest BCUT2D eigenvalue weighted by Gasteiger charge is -2.03. The Labute approximate surface area is 92.7 Å². The summed E-state index contributed by atoms with van der Waals surface area (Å²) >= 11 is 5.91. The van der Waals surface area contributed by atoms with Gasteiger partial charge in [-0.15, -0.1) is 0 Å². The number of hydrogen-bond donors (Lipinski definition) is 1. The summed E-state index contributed by atoms with van der Waals surface area (Å²) in [6.07, 6.45) is 1.73. The Hall–Kier alpha value is -1.55. The van der Waals surface area contributed by atoms with Crippen LogP contribution in [0.2, 0.25) is 5.02 Å². The van der Waals surface area contributed by atoms with Gasteiger partial charge in [0.25, 0.3) is 0 Å². The fourth-order valence-corrected chi connectivity index (χ4v) is 1.37. The van der Waals surface area contributed by atoms with E-state index in [4.69, 9.17) is 17.3 Å². The second-order valence-corrected chi connectivity index (χ2v) is 3.76. The Bertz CT molecular complexity index is 485. The summed E-state index contributed by atoms with van der Waals surface area (Å²) in [5, 5.41) is 4.86. The highest BCUT2D eigenvalue weighted by Gasteiger charge is 2.05. The van der Waals surface area contributed by atoms with Crippen LogP contribution in [0.4, 0.5) is 5.69 Å². The molecule has 0 amide bonds. The number of rotatable bonds is 1. The zero-order valence-corrected chi connectivity index (χ0v) is 9.28. The molecule has 0 aliphatic rings. The zero-order chi connectivity index (χ0) is 11.0. The van der Waals surface area contributed by atoms with E-state index in [2.05, 4.69) is 10.1 Å². The molecule has 0 atom stereocenters. The molecule has 78 valence electrons. The minimum Gasteiger partial charge on any atom is -0.397 e. The van der Waals surface area contributed by atoms with E-state index in [1.165, 1.54) is 0 Å². The fourth-order valence-electron chi connectivity index (χ4n) is 1.24. The molecule has 0 aliphatic carbocycles. The molecule has 4 nitrogen and oxygen atoms in total. The van der Waals surface area contributed by atoms with Crippen molar-refractivity contribution in [3.8, 4) is 5.82 Å². The van der Waals surface area contributed by atoms with E-state index >= 15 is 0 Å². The van der Waals surface area contributed by atoms with E-state index in [1.807, 2.05) is 26.0 Å². The quantitative estimate of drug-likeness (QED) is 0.804. The van der Waals surface area contributed by atoms with Gasteiger partial charge in [0.2, 0.25) is 0 Å². The Morgan fingerprint density at radius 2 is 2.00 bits per heavy atom. The summed E-state index contributed by atoms with van der Waals surface area (Å²) in [4.78, 5) is 4.31. The number of hydrogen-bond acceptors (Lipinski definition) is 3. The van der Waals surface area contributed by atoms with Crippen LogP contribution in [0.25, 0.3) is 5.82 Å². The van der Waals surface area contributed by atoms with Crippen LogP contribution in [-0.2, 0) is 0 Å². The van der Waals surface area contributed by atoms with Crippen molar-refractivity contribution in [2.75, 3.05) is 5.73 Å². The normalized spacial score (nSPS) is 10.6.